The maximum absolute atomic E-state index is 2.56. The van der Waals surface area contributed by atoms with Gasteiger partial charge in [0.05, 0.1) is 16.9 Å². The number of aromatic nitrogens is 1. The van der Waals surface area contributed by atoms with Crippen molar-refractivity contribution in [3.8, 4) is 16.8 Å². The molecule has 4 atom stereocenters. The van der Waals surface area contributed by atoms with Gasteiger partial charge in [-0.1, -0.05) is 164 Å². The van der Waals surface area contributed by atoms with Crippen LogP contribution >= 0.6 is 0 Å². The first kappa shape index (κ1) is 36.9. The van der Waals surface area contributed by atoms with Crippen molar-refractivity contribution in [3.63, 3.8) is 0 Å². The largest absolute Gasteiger partial charge is 0.333 e. The van der Waals surface area contributed by atoms with Crippen LogP contribution in [0.25, 0.3) is 51.0 Å². The molecular weight excluding hydrogens is 749 g/mol. The quantitative estimate of drug-likeness (QED) is 0.146. The lowest BCUT2D eigenvalue weighted by molar-refractivity contribution is 0.654. The van der Waals surface area contributed by atoms with E-state index >= 15 is 0 Å². The molecule has 0 bridgehead atoms. The van der Waals surface area contributed by atoms with Gasteiger partial charge in [0.1, 0.15) is 0 Å². The molecule has 6 aromatic carbocycles. The van der Waals surface area contributed by atoms with Gasteiger partial charge in [-0.2, -0.15) is 0 Å². The van der Waals surface area contributed by atoms with E-state index < -0.39 is 0 Å². The minimum absolute atomic E-state index is 0.244. The van der Waals surface area contributed by atoms with Crippen molar-refractivity contribution in [1.29, 1.82) is 0 Å². The molecule has 7 aromatic rings. The first-order valence-electron chi connectivity index (χ1n) is 22.8. The SMILES string of the molecule is C1=CCCC(c2cc(-c3ccccc3)cc(-n3c4c(c5ccccc53)=CCC(c3cccc(C5=CC6c7ccccc7N(c7ccc(C8C=CCCC8)cc7)C6C=C5)c3)C=4)c2)=C1. The van der Waals surface area contributed by atoms with Crippen LogP contribution in [-0.4, -0.2) is 10.6 Å². The highest BCUT2D eigenvalue weighted by atomic mass is 15.2. The number of para-hydroxylation sites is 2. The molecular formula is C60H50N2. The van der Waals surface area contributed by atoms with Crippen molar-refractivity contribution in [2.24, 2.45) is 0 Å². The molecule has 2 nitrogen and oxygen atoms in total. The number of hydrogen-bond donors (Lipinski definition) is 0. The van der Waals surface area contributed by atoms with Gasteiger partial charge in [-0.15, -0.1) is 0 Å². The summed E-state index contributed by atoms with van der Waals surface area (Å²) in [5, 5.41) is 3.94. The molecule has 2 heteroatoms. The second-order valence-electron chi connectivity index (χ2n) is 17.8. The number of allylic oxidation sites excluding steroid dienone is 8. The normalized spacial score (nSPS) is 21.1. The topological polar surface area (TPSA) is 8.17 Å². The Morgan fingerprint density at radius 3 is 2.29 bits per heavy atom. The van der Waals surface area contributed by atoms with Crippen LogP contribution in [0.5, 0.6) is 0 Å². The standard InChI is InChI=1S/C60H50N2/c1-4-15-41(16-5-1)44-27-31-51(32-28-44)61-58-26-13-11-24-54(58)56-39-47(30-34-59(56)61)45-21-14-22-46(35-45)48-29-33-55-53-23-10-12-25-57(53)62(60(55)40-48)52-37-49(42-17-6-2-7-18-42)36-50(38-52)43-19-8-3-9-20-43/h2-4,6-8,10-15,17-19,21-28,30-41,48,56,59H,1,5,9,16,20,29H2. The van der Waals surface area contributed by atoms with Gasteiger partial charge in [0.15, 0.2) is 0 Å². The summed E-state index contributed by atoms with van der Waals surface area (Å²) >= 11 is 0. The average Bonchev–Trinajstić information content (AvgIpc) is 3.87. The van der Waals surface area contributed by atoms with Crippen LogP contribution in [0.1, 0.15) is 84.1 Å². The number of hydrogen-bond acceptors (Lipinski definition) is 1. The summed E-state index contributed by atoms with van der Waals surface area (Å²) in [7, 11) is 0. The van der Waals surface area contributed by atoms with Crippen molar-refractivity contribution >= 4 is 45.6 Å². The Hall–Kier alpha value is -6.90. The van der Waals surface area contributed by atoms with E-state index in [1.165, 1.54) is 108 Å². The summed E-state index contributed by atoms with van der Waals surface area (Å²) in [6.45, 7) is 0. The van der Waals surface area contributed by atoms with Crippen molar-refractivity contribution in [2.45, 2.75) is 62.3 Å². The Labute approximate surface area is 365 Å². The molecule has 0 fully saturated rings. The summed E-state index contributed by atoms with van der Waals surface area (Å²) < 4.78 is 2.53. The Bertz CT molecular complexity index is 3150. The van der Waals surface area contributed by atoms with E-state index in [0.717, 1.165) is 19.3 Å². The van der Waals surface area contributed by atoms with Crippen LogP contribution in [0.2, 0.25) is 0 Å². The second kappa shape index (κ2) is 15.5. The molecule has 0 saturated carbocycles. The fraction of sp³-hybridized carbons (Fsp3) is 0.167. The summed E-state index contributed by atoms with van der Waals surface area (Å²) in [6.07, 6.45) is 30.8. The van der Waals surface area contributed by atoms with Gasteiger partial charge in [-0.25, -0.2) is 0 Å². The maximum atomic E-state index is 2.56. The van der Waals surface area contributed by atoms with Gasteiger partial charge in [0.2, 0.25) is 0 Å². The molecule has 4 aliphatic carbocycles. The van der Waals surface area contributed by atoms with Crippen LogP contribution in [-0.2, 0) is 0 Å². The molecule has 0 spiro atoms. The molecule has 12 rings (SSSR count). The minimum atomic E-state index is 0.244. The molecule has 62 heavy (non-hydrogen) atoms. The lowest BCUT2D eigenvalue weighted by Gasteiger charge is -2.30. The molecule has 0 radical (unpaired) electrons. The molecule has 1 aliphatic heterocycles. The fourth-order valence-electron chi connectivity index (χ4n) is 11.0. The molecule has 0 saturated heterocycles. The van der Waals surface area contributed by atoms with Gasteiger partial charge < -0.3 is 9.47 Å². The highest BCUT2D eigenvalue weighted by Crippen LogP contribution is 2.49. The summed E-state index contributed by atoms with van der Waals surface area (Å²) in [4.78, 5) is 2.56. The Kier molecular flexibility index (Phi) is 9.25. The Morgan fingerprint density at radius 2 is 1.42 bits per heavy atom. The Morgan fingerprint density at radius 1 is 0.581 bits per heavy atom. The third-order valence-corrected chi connectivity index (χ3v) is 14.1. The maximum Gasteiger partial charge on any atom is 0.0630 e. The lowest BCUT2D eigenvalue weighted by atomic mass is 9.84. The van der Waals surface area contributed by atoms with E-state index in [0.29, 0.717) is 5.92 Å². The van der Waals surface area contributed by atoms with E-state index in [9.17, 15) is 0 Å². The molecule has 5 aliphatic rings. The van der Waals surface area contributed by atoms with Gasteiger partial charge in [-0.3, -0.25) is 0 Å². The van der Waals surface area contributed by atoms with Gasteiger partial charge >= 0.3 is 0 Å². The molecule has 300 valence electrons. The number of anilines is 2. The number of benzene rings is 6. The Balaban J connectivity index is 0.905. The lowest BCUT2D eigenvalue weighted by Crippen LogP contribution is -2.32. The van der Waals surface area contributed by atoms with Crippen molar-refractivity contribution in [2.75, 3.05) is 4.90 Å². The predicted molar refractivity (Wildman–Crippen MR) is 261 cm³/mol. The van der Waals surface area contributed by atoms with Crippen LogP contribution < -0.4 is 15.5 Å². The molecule has 0 N–H and O–H groups in total. The summed E-state index contributed by atoms with van der Waals surface area (Å²) in [5.74, 6) is 1.07. The number of nitrogens with zero attached hydrogens (tertiary/aromatic N) is 2. The van der Waals surface area contributed by atoms with E-state index in [1.54, 1.807) is 0 Å². The van der Waals surface area contributed by atoms with Crippen LogP contribution in [0, 0.1) is 0 Å². The molecule has 1 aromatic heterocycles. The summed E-state index contributed by atoms with van der Waals surface area (Å²) in [5.41, 5.74) is 17.0. The van der Waals surface area contributed by atoms with Crippen molar-refractivity contribution in [3.05, 3.63) is 233 Å². The highest BCUT2D eigenvalue weighted by Gasteiger charge is 2.38. The number of rotatable bonds is 7. The number of fused-ring (bicyclic) bond motifs is 6. The summed E-state index contributed by atoms with van der Waals surface area (Å²) in [6, 6.07) is 55.1. The van der Waals surface area contributed by atoms with Crippen LogP contribution in [0.4, 0.5) is 11.4 Å². The average molecular weight is 799 g/mol. The second-order valence-corrected chi connectivity index (χ2v) is 17.8. The minimum Gasteiger partial charge on any atom is -0.333 e. The van der Waals surface area contributed by atoms with Crippen molar-refractivity contribution in [1.82, 2.24) is 4.57 Å². The monoisotopic (exact) mass is 798 g/mol. The molecule has 2 heterocycles. The first-order chi connectivity index (χ1) is 30.7. The highest BCUT2D eigenvalue weighted by molar-refractivity contribution is 5.87. The van der Waals surface area contributed by atoms with Gasteiger partial charge in [-0.05, 0) is 131 Å². The third-order valence-electron chi connectivity index (χ3n) is 14.1. The van der Waals surface area contributed by atoms with E-state index in [-0.39, 0.29) is 17.9 Å². The third kappa shape index (κ3) is 6.48. The van der Waals surface area contributed by atoms with Crippen LogP contribution in [0.3, 0.4) is 0 Å². The molecule has 0 amide bonds. The van der Waals surface area contributed by atoms with Crippen molar-refractivity contribution < 1.29 is 0 Å². The van der Waals surface area contributed by atoms with Gasteiger partial charge in [0.25, 0.3) is 0 Å². The molecule has 4 unspecified atom stereocenters. The first-order valence-corrected chi connectivity index (χ1v) is 22.8. The van der Waals surface area contributed by atoms with E-state index in [1.807, 2.05) is 0 Å². The zero-order valence-corrected chi connectivity index (χ0v) is 35.1. The van der Waals surface area contributed by atoms with Crippen LogP contribution in [0.15, 0.2) is 194 Å². The zero-order valence-electron chi connectivity index (χ0n) is 35.1. The van der Waals surface area contributed by atoms with E-state index in [2.05, 4.69) is 216 Å². The van der Waals surface area contributed by atoms with E-state index in [4.69, 9.17) is 0 Å². The smallest absolute Gasteiger partial charge is 0.0630 e. The predicted octanol–water partition coefficient (Wildman–Crippen LogP) is 13.9. The fourth-order valence-corrected chi connectivity index (χ4v) is 11.0. The van der Waals surface area contributed by atoms with Gasteiger partial charge in [0, 0.05) is 45.4 Å². The zero-order chi connectivity index (χ0) is 41.0.